The number of carbonyl (C=O) groups is 2. The summed E-state index contributed by atoms with van der Waals surface area (Å²) in [7, 11) is 0. The molecular formula is C17H23F2N5O3. The molecule has 0 bridgehead atoms. The molecule has 3 heterocycles. The van der Waals surface area contributed by atoms with Crippen molar-refractivity contribution in [2.24, 2.45) is 5.92 Å². The molecule has 2 aliphatic heterocycles. The molecule has 0 aromatic carbocycles. The maximum absolute atomic E-state index is 14.0. The number of likely N-dealkylation sites (tertiary alicyclic amines) is 1. The van der Waals surface area contributed by atoms with Gasteiger partial charge in [-0.05, 0) is 12.8 Å². The van der Waals surface area contributed by atoms with Crippen molar-refractivity contribution in [2.75, 3.05) is 32.8 Å². The highest BCUT2D eigenvalue weighted by molar-refractivity contribution is 5.92. The largest absolute Gasteiger partial charge is 0.378 e. The smallest absolute Gasteiger partial charge is 0.276 e. The van der Waals surface area contributed by atoms with Crippen LogP contribution in [-0.4, -0.2) is 81.4 Å². The van der Waals surface area contributed by atoms with Crippen LogP contribution in [0.15, 0.2) is 6.20 Å². The molecule has 1 atom stereocenters. The fourth-order valence-electron chi connectivity index (χ4n) is 3.84. The fraction of sp³-hybridized carbons (Fsp3) is 0.765. The van der Waals surface area contributed by atoms with Crippen molar-refractivity contribution in [3.05, 3.63) is 11.9 Å². The Morgan fingerprint density at radius 3 is 2.67 bits per heavy atom. The van der Waals surface area contributed by atoms with Crippen molar-refractivity contribution in [3.8, 4) is 0 Å². The van der Waals surface area contributed by atoms with Crippen LogP contribution in [0.3, 0.4) is 0 Å². The molecule has 0 spiro atoms. The highest BCUT2D eigenvalue weighted by Crippen LogP contribution is 2.37. The van der Waals surface area contributed by atoms with Gasteiger partial charge in [0, 0.05) is 25.4 Å². The van der Waals surface area contributed by atoms with Crippen LogP contribution in [0.1, 0.15) is 36.2 Å². The van der Waals surface area contributed by atoms with Crippen LogP contribution >= 0.6 is 0 Å². The van der Waals surface area contributed by atoms with Gasteiger partial charge in [0.25, 0.3) is 11.8 Å². The van der Waals surface area contributed by atoms with Crippen LogP contribution in [0.5, 0.6) is 0 Å². The number of carbonyl (C=O) groups excluding carboxylic acids is 2. The standard InChI is InChI=1S/C17H23F2N5O3/c18-17(19)8-13(24(11-17)15(25)12-2-1-3-12)9-23-10-14(20-21-23)16(26)22-4-6-27-7-5-22/h10,12-13H,1-9,11H2/t13-/m0/s1. The Bertz CT molecular complexity index is 715. The van der Waals surface area contributed by atoms with Crippen LogP contribution in [0.25, 0.3) is 0 Å². The van der Waals surface area contributed by atoms with Gasteiger partial charge < -0.3 is 14.5 Å². The quantitative estimate of drug-likeness (QED) is 0.768. The van der Waals surface area contributed by atoms with Crippen molar-refractivity contribution in [1.82, 2.24) is 24.8 Å². The number of alkyl halides is 2. The SMILES string of the molecule is O=C(c1cn(C[C@@H]2CC(F)(F)CN2C(=O)C2CCC2)nn1)N1CCOCC1. The third-order valence-corrected chi connectivity index (χ3v) is 5.57. The molecule has 0 N–H and O–H groups in total. The average Bonchev–Trinajstić information content (AvgIpc) is 3.17. The van der Waals surface area contributed by atoms with Gasteiger partial charge in [0.05, 0.1) is 38.5 Å². The summed E-state index contributed by atoms with van der Waals surface area (Å²) in [5.74, 6) is -3.45. The van der Waals surface area contributed by atoms with Crippen LogP contribution in [0.4, 0.5) is 8.78 Å². The van der Waals surface area contributed by atoms with Crippen molar-refractivity contribution in [1.29, 1.82) is 0 Å². The van der Waals surface area contributed by atoms with E-state index in [1.807, 2.05) is 0 Å². The second-order valence-corrected chi connectivity index (χ2v) is 7.54. The predicted octanol–water partition coefficient (Wildman–Crippen LogP) is 0.787. The summed E-state index contributed by atoms with van der Waals surface area (Å²) in [5.41, 5.74) is 0.179. The Hall–Kier alpha value is -2.10. The van der Waals surface area contributed by atoms with Gasteiger partial charge >= 0.3 is 0 Å². The summed E-state index contributed by atoms with van der Waals surface area (Å²) >= 11 is 0. The molecule has 0 radical (unpaired) electrons. The van der Waals surface area contributed by atoms with E-state index in [0.29, 0.717) is 26.3 Å². The summed E-state index contributed by atoms with van der Waals surface area (Å²) in [6, 6.07) is -0.638. The second kappa shape index (κ2) is 7.14. The van der Waals surface area contributed by atoms with E-state index >= 15 is 0 Å². The number of ether oxygens (including phenoxy) is 1. The van der Waals surface area contributed by atoms with Crippen molar-refractivity contribution in [3.63, 3.8) is 0 Å². The van der Waals surface area contributed by atoms with Gasteiger partial charge in [-0.25, -0.2) is 13.5 Å². The lowest BCUT2D eigenvalue weighted by molar-refractivity contribution is -0.140. The van der Waals surface area contributed by atoms with E-state index in [0.717, 1.165) is 19.3 Å². The summed E-state index contributed by atoms with van der Waals surface area (Å²) in [5, 5.41) is 7.81. The van der Waals surface area contributed by atoms with E-state index in [1.165, 1.54) is 15.8 Å². The molecule has 1 aliphatic carbocycles. The Balaban J connectivity index is 1.43. The van der Waals surface area contributed by atoms with Crippen molar-refractivity contribution < 1.29 is 23.1 Å². The normalized spacial score (nSPS) is 25.5. The van der Waals surface area contributed by atoms with Gasteiger partial charge in [-0.2, -0.15) is 0 Å². The summed E-state index contributed by atoms with van der Waals surface area (Å²) < 4.78 is 34.5. The maximum Gasteiger partial charge on any atom is 0.276 e. The number of morpholine rings is 1. The number of rotatable bonds is 4. The summed E-state index contributed by atoms with van der Waals surface area (Å²) in [6.07, 6.45) is 3.60. The molecule has 0 unspecified atom stereocenters. The average molecular weight is 383 g/mol. The number of amides is 2. The minimum Gasteiger partial charge on any atom is -0.378 e. The molecule has 2 saturated heterocycles. The zero-order valence-corrected chi connectivity index (χ0v) is 15.0. The lowest BCUT2D eigenvalue weighted by Gasteiger charge is -2.32. The third-order valence-electron chi connectivity index (χ3n) is 5.57. The van der Waals surface area contributed by atoms with Crippen LogP contribution in [-0.2, 0) is 16.1 Å². The Morgan fingerprint density at radius 1 is 1.26 bits per heavy atom. The van der Waals surface area contributed by atoms with E-state index in [9.17, 15) is 18.4 Å². The first-order valence-electron chi connectivity index (χ1n) is 9.38. The van der Waals surface area contributed by atoms with Gasteiger partial charge in [0.2, 0.25) is 5.91 Å². The van der Waals surface area contributed by atoms with E-state index in [1.54, 1.807) is 4.90 Å². The molecule has 27 heavy (non-hydrogen) atoms. The van der Waals surface area contributed by atoms with Gasteiger partial charge in [-0.3, -0.25) is 9.59 Å². The molecule has 10 heteroatoms. The first-order chi connectivity index (χ1) is 12.9. The summed E-state index contributed by atoms with van der Waals surface area (Å²) in [6.45, 7) is 1.51. The number of aromatic nitrogens is 3. The lowest BCUT2D eigenvalue weighted by Crippen LogP contribution is -2.44. The molecule has 1 aromatic rings. The number of nitrogens with zero attached hydrogens (tertiary/aromatic N) is 5. The Labute approximate surface area is 155 Å². The van der Waals surface area contributed by atoms with Crippen LogP contribution in [0.2, 0.25) is 0 Å². The predicted molar refractivity (Wildman–Crippen MR) is 89.2 cm³/mol. The Morgan fingerprint density at radius 2 is 2.00 bits per heavy atom. The van der Waals surface area contributed by atoms with E-state index in [2.05, 4.69) is 10.3 Å². The highest BCUT2D eigenvalue weighted by atomic mass is 19.3. The van der Waals surface area contributed by atoms with Crippen molar-refractivity contribution in [2.45, 2.75) is 44.2 Å². The monoisotopic (exact) mass is 383 g/mol. The van der Waals surface area contributed by atoms with E-state index in [-0.39, 0.29) is 30.0 Å². The lowest BCUT2D eigenvalue weighted by atomic mass is 9.84. The first-order valence-corrected chi connectivity index (χ1v) is 9.38. The number of halogens is 2. The minimum atomic E-state index is -2.89. The van der Waals surface area contributed by atoms with Crippen molar-refractivity contribution >= 4 is 11.8 Å². The van der Waals surface area contributed by atoms with E-state index < -0.39 is 24.9 Å². The third kappa shape index (κ3) is 3.80. The number of hydrogen-bond acceptors (Lipinski definition) is 5. The molecule has 3 fully saturated rings. The van der Waals surface area contributed by atoms with Gasteiger partial charge in [0.1, 0.15) is 0 Å². The van der Waals surface area contributed by atoms with Gasteiger partial charge in [0.15, 0.2) is 5.69 Å². The molecule has 3 aliphatic rings. The highest BCUT2D eigenvalue weighted by Gasteiger charge is 2.48. The molecule has 2 amide bonds. The van der Waals surface area contributed by atoms with Crippen LogP contribution < -0.4 is 0 Å². The first kappa shape index (κ1) is 18.3. The summed E-state index contributed by atoms with van der Waals surface area (Å²) in [4.78, 5) is 27.9. The van der Waals surface area contributed by atoms with Crippen LogP contribution in [0, 0.1) is 5.92 Å². The number of hydrogen-bond donors (Lipinski definition) is 0. The molecule has 1 saturated carbocycles. The van der Waals surface area contributed by atoms with E-state index in [4.69, 9.17) is 4.74 Å². The Kier molecular flexibility index (Phi) is 4.83. The molecule has 148 valence electrons. The minimum absolute atomic E-state index is 0.109. The van der Waals surface area contributed by atoms with Gasteiger partial charge in [-0.15, -0.1) is 5.10 Å². The molecule has 8 nitrogen and oxygen atoms in total. The fourth-order valence-corrected chi connectivity index (χ4v) is 3.84. The molecular weight excluding hydrogens is 360 g/mol. The molecule has 1 aromatic heterocycles. The topological polar surface area (TPSA) is 80.6 Å². The maximum atomic E-state index is 14.0. The zero-order valence-electron chi connectivity index (χ0n) is 15.0. The second-order valence-electron chi connectivity index (χ2n) is 7.54. The van der Waals surface area contributed by atoms with Gasteiger partial charge in [-0.1, -0.05) is 11.6 Å². The molecule has 4 rings (SSSR count). The zero-order chi connectivity index (χ0) is 19.0.